The van der Waals surface area contributed by atoms with Crippen molar-refractivity contribution in [1.29, 1.82) is 0 Å². The van der Waals surface area contributed by atoms with Gasteiger partial charge in [0.15, 0.2) is 0 Å². The van der Waals surface area contributed by atoms with E-state index in [-0.39, 0.29) is 11.7 Å². The van der Waals surface area contributed by atoms with Crippen molar-refractivity contribution in [3.8, 4) is 5.75 Å². The molecule has 0 aliphatic rings. The van der Waals surface area contributed by atoms with Crippen LogP contribution in [0, 0.1) is 5.82 Å². The number of carbonyl (C=O) groups excluding carboxylic acids is 1. The summed E-state index contributed by atoms with van der Waals surface area (Å²) in [6.07, 6.45) is 2.04. The minimum Gasteiger partial charge on any atom is -0.489 e. The van der Waals surface area contributed by atoms with Gasteiger partial charge in [-0.3, -0.25) is 4.79 Å². The van der Waals surface area contributed by atoms with E-state index in [2.05, 4.69) is 12.2 Å². The van der Waals surface area contributed by atoms with Crippen LogP contribution in [0.25, 0.3) is 0 Å². The van der Waals surface area contributed by atoms with Gasteiger partial charge in [0.1, 0.15) is 18.2 Å². The van der Waals surface area contributed by atoms with Crippen LogP contribution in [-0.2, 0) is 6.61 Å². The number of hydrogen-bond acceptors (Lipinski definition) is 3. The highest BCUT2D eigenvalue weighted by Crippen LogP contribution is 2.18. The molecule has 1 aromatic carbocycles. The number of thiophene rings is 1. The second-order valence-electron chi connectivity index (χ2n) is 4.67. The van der Waals surface area contributed by atoms with Gasteiger partial charge in [-0.1, -0.05) is 13.3 Å². The smallest absolute Gasteiger partial charge is 0.261 e. The van der Waals surface area contributed by atoms with Crippen molar-refractivity contribution in [2.75, 3.05) is 6.54 Å². The lowest BCUT2D eigenvalue weighted by Crippen LogP contribution is -2.23. The third-order valence-corrected chi connectivity index (χ3v) is 3.89. The summed E-state index contributed by atoms with van der Waals surface area (Å²) in [6, 6.07) is 7.71. The number of hydrogen-bond donors (Lipinski definition) is 1. The molecular weight excluding hydrogens is 289 g/mol. The fourth-order valence-corrected chi connectivity index (χ4v) is 2.55. The van der Waals surface area contributed by atoms with Crippen molar-refractivity contribution in [3.63, 3.8) is 0 Å². The molecule has 0 unspecified atom stereocenters. The van der Waals surface area contributed by atoms with Gasteiger partial charge in [0.2, 0.25) is 0 Å². The average molecular weight is 307 g/mol. The molecule has 0 aliphatic carbocycles. The summed E-state index contributed by atoms with van der Waals surface area (Å²) < 4.78 is 18.3. The van der Waals surface area contributed by atoms with Crippen molar-refractivity contribution in [3.05, 3.63) is 52.0 Å². The molecule has 3 nitrogen and oxygen atoms in total. The van der Waals surface area contributed by atoms with Crippen molar-refractivity contribution in [1.82, 2.24) is 5.32 Å². The fourth-order valence-electron chi connectivity index (χ4n) is 1.73. The molecule has 0 bridgehead atoms. The van der Waals surface area contributed by atoms with Gasteiger partial charge < -0.3 is 10.1 Å². The molecule has 112 valence electrons. The van der Waals surface area contributed by atoms with E-state index in [1.165, 1.54) is 23.5 Å². The number of benzene rings is 1. The van der Waals surface area contributed by atoms with Crippen molar-refractivity contribution >= 4 is 17.2 Å². The summed E-state index contributed by atoms with van der Waals surface area (Å²) in [5.74, 6) is 0.280. The zero-order chi connectivity index (χ0) is 15.1. The van der Waals surface area contributed by atoms with Crippen LogP contribution in [-0.4, -0.2) is 12.5 Å². The molecule has 1 amide bonds. The molecular formula is C16H18FNO2S. The quantitative estimate of drug-likeness (QED) is 0.785. The van der Waals surface area contributed by atoms with E-state index in [0.29, 0.717) is 23.8 Å². The van der Waals surface area contributed by atoms with Gasteiger partial charge in [0.05, 0.1) is 4.88 Å². The number of halogens is 1. The van der Waals surface area contributed by atoms with Gasteiger partial charge >= 0.3 is 0 Å². The maximum atomic E-state index is 12.8. The first-order valence-corrected chi connectivity index (χ1v) is 7.81. The molecule has 0 spiro atoms. The molecule has 2 aromatic rings. The Morgan fingerprint density at radius 1 is 1.33 bits per heavy atom. The van der Waals surface area contributed by atoms with E-state index in [1.807, 2.05) is 11.4 Å². The van der Waals surface area contributed by atoms with Gasteiger partial charge in [0.25, 0.3) is 5.91 Å². The maximum Gasteiger partial charge on any atom is 0.261 e. The summed E-state index contributed by atoms with van der Waals surface area (Å²) in [7, 11) is 0. The lowest BCUT2D eigenvalue weighted by Gasteiger charge is -2.04. The molecule has 0 aliphatic heterocycles. The first-order chi connectivity index (χ1) is 10.2. The molecule has 1 heterocycles. The van der Waals surface area contributed by atoms with Gasteiger partial charge in [-0.05, 0) is 42.1 Å². The lowest BCUT2D eigenvalue weighted by molar-refractivity contribution is 0.0957. The van der Waals surface area contributed by atoms with Crippen LogP contribution in [0.3, 0.4) is 0 Å². The number of amides is 1. The van der Waals surface area contributed by atoms with E-state index in [9.17, 15) is 9.18 Å². The van der Waals surface area contributed by atoms with Crippen LogP contribution >= 0.6 is 11.3 Å². The van der Waals surface area contributed by atoms with Crippen molar-refractivity contribution in [2.24, 2.45) is 0 Å². The monoisotopic (exact) mass is 307 g/mol. The van der Waals surface area contributed by atoms with Crippen LogP contribution in [0.5, 0.6) is 5.75 Å². The van der Waals surface area contributed by atoms with Gasteiger partial charge in [0, 0.05) is 12.1 Å². The highest BCUT2D eigenvalue weighted by atomic mass is 32.1. The molecule has 0 atom stereocenters. The number of unbranched alkanes of at least 4 members (excludes halogenated alkanes) is 1. The van der Waals surface area contributed by atoms with Crippen LogP contribution in [0.15, 0.2) is 35.7 Å². The summed E-state index contributed by atoms with van der Waals surface area (Å²) >= 11 is 1.40. The van der Waals surface area contributed by atoms with Crippen LogP contribution in [0.2, 0.25) is 0 Å². The minimum atomic E-state index is -0.288. The lowest BCUT2D eigenvalue weighted by atomic mass is 10.3. The minimum absolute atomic E-state index is 0.0403. The highest BCUT2D eigenvalue weighted by molar-refractivity contribution is 7.12. The largest absolute Gasteiger partial charge is 0.489 e. The molecule has 0 fully saturated rings. The number of nitrogens with one attached hydrogen (secondary N) is 1. The van der Waals surface area contributed by atoms with E-state index < -0.39 is 0 Å². The Kier molecular flexibility index (Phi) is 5.75. The predicted octanol–water partition coefficient (Wildman–Crippen LogP) is 4.00. The number of ether oxygens (including phenoxy) is 1. The standard InChI is InChI=1S/C16H18FNO2S/c1-2-3-8-18-16(19)15-9-12(11-21-15)10-20-14-6-4-13(17)5-7-14/h4-7,9,11H,2-3,8,10H2,1H3,(H,18,19). The van der Waals surface area contributed by atoms with Gasteiger partial charge in [-0.2, -0.15) is 0 Å². The predicted molar refractivity (Wildman–Crippen MR) is 82.3 cm³/mol. The normalized spacial score (nSPS) is 10.4. The van der Waals surface area contributed by atoms with Crippen LogP contribution < -0.4 is 10.1 Å². The van der Waals surface area contributed by atoms with Crippen molar-refractivity contribution < 1.29 is 13.9 Å². The molecule has 0 saturated carbocycles. The second-order valence-corrected chi connectivity index (χ2v) is 5.58. The maximum absolute atomic E-state index is 12.8. The summed E-state index contributed by atoms with van der Waals surface area (Å²) in [4.78, 5) is 12.5. The van der Waals surface area contributed by atoms with Crippen LogP contribution in [0.1, 0.15) is 35.0 Å². The SMILES string of the molecule is CCCCNC(=O)c1cc(COc2ccc(F)cc2)cs1. The van der Waals surface area contributed by atoms with Gasteiger partial charge in [-0.15, -0.1) is 11.3 Å². The molecule has 2 rings (SSSR count). The molecule has 0 radical (unpaired) electrons. The van der Waals surface area contributed by atoms with E-state index in [1.54, 1.807) is 12.1 Å². The second kappa shape index (κ2) is 7.78. The Labute approximate surface area is 127 Å². The highest BCUT2D eigenvalue weighted by Gasteiger charge is 2.08. The third kappa shape index (κ3) is 4.86. The molecule has 1 N–H and O–H groups in total. The summed E-state index contributed by atoms with van der Waals surface area (Å²) in [5, 5.41) is 4.78. The summed E-state index contributed by atoms with van der Waals surface area (Å²) in [5.41, 5.74) is 0.935. The van der Waals surface area contributed by atoms with E-state index in [4.69, 9.17) is 4.74 Å². The average Bonchev–Trinajstić information content (AvgIpc) is 2.96. The molecule has 5 heteroatoms. The fraction of sp³-hybridized carbons (Fsp3) is 0.312. The Hall–Kier alpha value is -1.88. The molecule has 21 heavy (non-hydrogen) atoms. The Bertz CT molecular complexity index is 580. The third-order valence-electron chi connectivity index (χ3n) is 2.91. The molecule has 1 aromatic heterocycles. The number of carbonyl (C=O) groups is 1. The Balaban J connectivity index is 1.85. The van der Waals surface area contributed by atoms with E-state index >= 15 is 0 Å². The zero-order valence-electron chi connectivity index (χ0n) is 11.9. The topological polar surface area (TPSA) is 38.3 Å². The van der Waals surface area contributed by atoms with E-state index in [0.717, 1.165) is 18.4 Å². The van der Waals surface area contributed by atoms with Crippen LogP contribution in [0.4, 0.5) is 4.39 Å². The summed E-state index contributed by atoms with van der Waals surface area (Å²) in [6.45, 7) is 3.15. The zero-order valence-corrected chi connectivity index (χ0v) is 12.7. The Morgan fingerprint density at radius 2 is 2.10 bits per heavy atom. The number of rotatable bonds is 7. The van der Waals surface area contributed by atoms with Crippen molar-refractivity contribution in [2.45, 2.75) is 26.4 Å². The first-order valence-electron chi connectivity index (χ1n) is 6.93. The molecule has 0 saturated heterocycles. The first kappa shape index (κ1) is 15.5. The Morgan fingerprint density at radius 3 is 2.81 bits per heavy atom. The van der Waals surface area contributed by atoms with Gasteiger partial charge in [-0.25, -0.2) is 4.39 Å².